The highest BCUT2D eigenvalue weighted by Gasteiger charge is 2.27. The molecule has 0 aromatic carbocycles. The fourth-order valence-electron chi connectivity index (χ4n) is 4.72. The minimum Gasteiger partial charge on any atom is -0.354 e. The lowest BCUT2D eigenvalue weighted by atomic mass is 9.86. The molecule has 0 aromatic rings. The van der Waals surface area contributed by atoms with Crippen molar-refractivity contribution in [2.45, 2.75) is 70.4 Å². The number of amides is 2. The Labute approximate surface area is 157 Å². The second-order valence-electron chi connectivity index (χ2n) is 8.57. The van der Waals surface area contributed by atoms with E-state index in [2.05, 4.69) is 27.8 Å². The van der Waals surface area contributed by atoms with Crippen LogP contribution in [0.5, 0.6) is 0 Å². The minimum absolute atomic E-state index is 0.00189. The first-order valence-corrected chi connectivity index (χ1v) is 10.6. The maximum absolute atomic E-state index is 12.4. The van der Waals surface area contributed by atoms with E-state index < -0.39 is 0 Å². The molecule has 2 saturated heterocycles. The number of hydrogen-bond donors (Lipinski definition) is 3. The highest BCUT2D eigenvalue weighted by Crippen LogP contribution is 2.23. The van der Waals surface area contributed by atoms with Gasteiger partial charge in [0.15, 0.2) is 0 Å². The van der Waals surface area contributed by atoms with Gasteiger partial charge in [-0.2, -0.15) is 0 Å². The molecule has 1 saturated carbocycles. The van der Waals surface area contributed by atoms with E-state index >= 15 is 0 Å². The largest absolute Gasteiger partial charge is 0.354 e. The van der Waals surface area contributed by atoms with Gasteiger partial charge in [0, 0.05) is 19.1 Å². The van der Waals surface area contributed by atoms with Crippen molar-refractivity contribution in [2.75, 3.05) is 32.7 Å². The van der Waals surface area contributed by atoms with E-state index in [1.54, 1.807) is 0 Å². The highest BCUT2D eigenvalue weighted by molar-refractivity contribution is 5.82. The molecule has 0 spiro atoms. The SMILES string of the molecule is CC1CCCCC1NC(=O)CN1CCCC(CNC(=O)C2CCCN2)C1. The van der Waals surface area contributed by atoms with Gasteiger partial charge in [-0.1, -0.05) is 19.8 Å². The van der Waals surface area contributed by atoms with Crippen LogP contribution in [0.1, 0.15) is 58.3 Å². The van der Waals surface area contributed by atoms with Crippen molar-refractivity contribution in [3.05, 3.63) is 0 Å². The van der Waals surface area contributed by atoms with Crippen LogP contribution in [0.25, 0.3) is 0 Å². The van der Waals surface area contributed by atoms with E-state index in [0.717, 1.165) is 58.3 Å². The van der Waals surface area contributed by atoms with Gasteiger partial charge < -0.3 is 16.0 Å². The number of carbonyl (C=O) groups is 2. The molecule has 2 aliphatic heterocycles. The van der Waals surface area contributed by atoms with E-state index in [0.29, 0.717) is 24.4 Å². The Hall–Kier alpha value is -1.14. The Morgan fingerprint density at radius 2 is 1.92 bits per heavy atom. The third kappa shape index (κ3) is 5.68. The summed E-state index contributed by atoms with van der Waals surface area (Å²) in [5.74, 6) is 1.36. The molecule has 0 bridgehead atoms. The van der Waals surface area contributed by atoms with Crippen LogP contribution in [-0.4, -0.2) is 61.5 Å². The summed E-state index contributed by atoms with van der Waals surface area (Å²) in [6.07, 6.45) is 9.15. The second-order valence-corrected chi connectivity index (χ2v) is 8.57. The zero-order valence-electron chi connectivity index (χ0n) is 16.3. The molecule has 1 aliphatic carbocycles. The van der Waals surface area contributed by atoms with Gasteiger partial charge in [0.1, 0.15) is 0 Å². The molecule has 26 heavy (non-hydrogen) atoms. The molecule has 6 nitrogen and oxygen atoms in total. The summed E-state index contributed by atoms with van der Waals surface area (Å²) < 4.78 is 0. The van der Waals surface area contributed by atoms with Gasteiger partial charge in [0.25, 0.3) is 0 Å². The molecule has 3 aliphatic rings. The first-order valence-electron chi connectivity index (χ1n) is 10.6. The summed E-state index contributed by atoms with van der Waals surface area (Å²) in [7, 11) is 0. The summed E-state index contributed by atoms with van der Waals surface area (Å²) in [6, 6.07) is 0.355. The number of nitrogens with zero attached hydrogens (tertiary/aromatic N) is 1. The molecule has 3 fully saturated rings. The van der Waals surface area contributed by atoms with E-state index in [-0.39, 0.29) is 17.9 Å². The molecule has 0 radical (unpaired) electrons. The molecule has 0 aromatic heterocycles. The standard InChI is InChI=1S/C20H36N4O2/c1-15-6-2-3-8-17(15)23-19(25)14-24-11-5-7-16(13-24)12-22-20(26)18-9-4-10-21-18/h15-18,21H,2-14H2,1H3,(H,22,26)(H,23,25). The van der Waals surface area contributed by atoms with Crippen molar-refractivity contribution >= 4 is 11.8 Å². The Morgan fingerprint density at radius 1 is 1.08 bits per heavy atom. The van der Waals surface area contributed by atoms with Crippen molar-refractivity contribution in [3.8, 4) is 0 Å². The molecule has 3 N–H and O–H groups in total. The molecular formula is C20H36N4O2. The third-order valence-corrected chi connectivity index (χ3v) is 6.37. The van der Waals surface area contributed by atoms with Crippen molar-refractivity contribution in [2.24, 2.45) is 11.8 Å². The fourth-order valence-corrected chi connectivity index (χ4v) is 4.72. The van der Waals surface area contributed by atoms with Gasteiger partial charge in [0.05, 0.1) is 12.6 Å². The van der Waals surface area contributed by atoms with Crippen molar-refractivity contribution < 1.29 is 9.59 Å². The maximum Gasteiger partial charge on any atom is 0.237 e. The summed E-state index contributed by atoms with van der Waals surface area (Å²) in [5.41, 5.74) is 0. The first kappa shape index (κ1) is 19.6. The van der Waals surface area contributed by atoms with E-state index in [9.17, 15) is 9.59 Å². The maximum atomic E-state index is 12.4. The topological polar surface area (TPSA) is 73.5 Å². The first-order chi connectivity index (χ1) is 12.6. The number of piperidine rings is 1. The normalized spacial score (nSPS) is 33.0. The van der Waals surface area contributed by atoms with Crippen LogP contribution >= 0.6 is 0 Å². The number of rotatable bonds is 6. The van der Waals surface area contributed by atoms with Gasteiger partial charge in [-0.05, 0) is 63.5 Å². The van der Waals surface area contributed by atoms with Gasteiger partial charge in [-0.3, -0.25) is 14.5 Å². The predicted octanol–water partition coefficient (Wildman–Crippen LogP) is 1.26. The fraction of sp³-hybridized carbons (Fsp3) is 0.900. The number of carbonyl (C=O) groups excluding carboxylic acids is 2. The van der Waals surface area contributed by atoms with Crippen LogP contribution in [0.4, 0.5) is 0 Å². The highest BCUT2D eigenvalue weighted by atomic mass is 16.2. The molecule has 6 heteroatoms. The van der Waals surface area contributed by atoms with Crippen molar-refractivity contribution in [1.82, 2.24) is 20.9 Å². The average molecular weight is 365 g/mol. The molecule has 2 heterocycles. The van der Waals surface area contributed by atoms with E-state index in [1.807, 2.05) is 0 Å². The zero-order valence-corrected chi connectivity index (χ0v) is 16.3. The van der Waals surface area contributed by atoms with Crippen LogP contribution in [0.3, 0.4) is 0 Å². The summed E-state index contributed by atoms with van der Waals surface area (Å²) in [4.78, 5) is 26.8. The lowest BCUT2D eigenvalue weighted by Crippen LogP contribution is -2.49. The van der Waals surface area contributed by atoms with Crippen LogP contribution < -0.4 is 16.0 Å². The Morgan fingerprint density at radius 3 is 2.69 bits per heavy atom. The van der Waals surface area contributed by atoms with Gasteiger partial charge in [0.2, 0.25) is 11.8 Å². The molecule has 4 unspecified atom stereocenters. The van der Waals surface area contributed by atoms with Crippen LogP contribution in [0.2, 0.25) is 0 Å². The Balaban J connectivity index is 1.37. The van der Waals surface area contributed by atoms with Crippen LogP contribution in [-0.2, 0) is 9.59 Å². The quantitative estimate of drug-likeness (QED) is 0.663. The monoisotopic (exact) mass is 364 g/mol. The van der Waals surface area contributed by atoms with Crippen LogP contribution in [0.15, 0.2) is 0 Å². The Kier molecular flexibility index (Phi) is 7.32. The van der Waals surface area contributed by atoms with Crippen molar-refractivity contribution in [3.63, 3.8) is 0 Å². The summed E-state index contributed by atoms with van der Waals surface area (Å²) >= 11 is 0. The molecular weight excluding hydrogens is 328 g/mol. The second kappa shape index (κ2) is 9.70. The lowest BCUT2D eigenvalue weighted by molar-refractivity contribution is -0.125. The van der Waals surface area contributed by atoms with Crippen LogP contribution in [0, 0.1) is 11.8 Å². The predicted molar refractivity (Wildman–Crippen MR) is 103 cm³/mol. The third-order valence-electron chi connectivity index (χ3n) is 6.37. The number of nitrogens with one attached hydrogen (secondary N) is 3. The average Bonchev–Trinajstić information content (AvgIpc) is 3.17. The molecule has 2 amide bonds. The number of hydrogen-bond acceptors (Lipinski definition) is 4. The molecule has 3 rings (SSSR count). The lowest BCUT2D eigenvalue weighted by Gasteiger charge is -2.34. The van der Waals surface area contributed by atoms with Gasteiger partial charge in [-0.25, -0.2) is 0 Å². The summed E-state index contributed by atoms with van der Waals surface area (Å²) in [6.45, 7) is 6.33. The van der Waals surface area contributed by atoms with Gasteiger partial charge >= 0.3 is 0 Å². The molecule has 148 valence electrons. The summed E-state index contributed by atoms with van der Waals surface area (Å²) in [5, 5.41) is 9.62. The van der Waals surface area contributed by atoms with E-state index in [4.69, 9.17) is 0 Å². The minimum atomic E-state index is -0.00189. The van der Waals surface area contributed by atoms with Gasteiger partial charge in [-0.15, -0.1) is 0 Å². The Bertz CT molecular complexity index is 478. The zero-order chi connectivity index (χ0) is 18.4. The molecule has 4 atom stereocenters. The number of likely N-dealkylation sites (tertiary alicyclic amines) is 1. The van der Waals surface area contributed by atoms with Crippen molar-refractivity contribution in [1.29, 1.82) is 0 Å². The van der Waals surface area contributed by atoms with E-state index in [1.165, 1.54) is 19.3 Å². The smallest absolute Gasteiger partial charge is 0.237 e.